The second-order valence-electron chi connectivity index (χ2n) is 7.42. The minimum atomic E-state index is -0.579. The zero-order chi connectivity index (χ0) is 25.5. The summed E-state index contributed by atoms with van der Waals surface area (Å²) < 4.78 is 11.5. The van der Waals surface area contributed by atoms with Crippen molar-refractivity contribution in [1.29, 1.82) is 0 Å². The summed E-state index contributed by atoms with van der Waals surface area (Å²) in [4.78, 5) is 35.7. The van der Waals surface area contributed by atoms with Crippen LogP contribution in [0.5, 0.6) is 11.5 Å². The van der Waals surface area contributed by atoms with Gasteiger partial charge in [0.05, 0.1) is 5.56 Å². The van der Waals surface area contributed by atoms with E-state index in [1.54, 1.807) is 63.2 Å². The molecule has 0 aliphatic heterocycles. The molecule has 7 nitrogen and oxygen atoms in total. The van der Waals surface area contributed by atoms with Gasteiger partial charge in [-0.1, -0.05) is 57.2 Å². The normalized spacial score (nSPS) is 10.8. The summed E-state index contributed by atoms with van der Waals surface area (Å²) in [5.41, 5.74) is 2.50. The van der Waals surface area contributed by atoms with Gasteiger partial charge in [-0.25, -0.2) is 9.59 Å². The maximum Gasteiger partial charge on any atom is 0.343 e. The van der Waals surface area contributed by atoms with Gasteiger partial charge in [-0.05, 0) is 71.8 Å². The van der Waals surface area contributed by atoms with Gasteiger partial charge >= 0.3 is 11.9 Å². The van der Waals surface area contributed by atoms with Gasteiger partial charge in [0.2, 0.25) is 6.54 Å². The number of nitrogens with zero attached hydrogens (tertiary/aromatic N) is 1. The van der Waals surface area contributed by atoms with Crippen LogP contribution in [0.1, 0.15) is 21.5 Å². The van der Waals surface area contributed by atoms with Crippen LogP contribution in [0.15, 0.2) is 84.9 Å². The van der Waals surface area contributed by atoms with Crippen LogP contribution in [0.3, 0.4) is 0 Å². The predicted molar refractivity (Wildman–Crippen MR) is 142 cm³/mol. The second-order valence-corrected chi connectivity index (χ2v) is 10.3. The average Bonchev–Trinajstić information content (AvgIpc) is 3.30. The molecule has 36 heavy (non-hydrogen) atoms. The lowest BCUT2D eigenvalue weighted by molar-refractivity contribution is -0.496. The van der Waals surface area contributed by atoms with Gasteiger partial charge in [0, 0.05) is 21.4 Å². The highest BCUT2D eigenvalue weighted by molar-refractivity contribution is 7.80. The van der Waals surface area contributed by atoms with E-state index in [2.05, 4.69) is 0 Å². The number of nitro groups is 1. The fourth-order valence-corrected chi connectivity index (χ4v) is 5.48. The fraction of sp³-hybridized carbons (Fsp3) is 0.0385. The quantitative estimate of drug-likeness (QED) is 0.0464. The number of benzene rings is 3. The van der Waals surface area contributed by atoms with Gasteiger partial charge < -0.3 is 9.47 Å². The molecule has 0 aliphatic rings. The highest BCUT2D eigenvalue weighted by atomic mass is 32.9. The largest absolute Gasteiger partial charge is 0.423 e. The zero-order valence-electron chi connectivity index (χ0n) is 18.5. The molecule has 180 valence electrons. The van der Waals surface area contributed by atoms with E-state index in [-0.39, 0.29) is 12.1 Å². The Morgan fingerprint density at radius 1 is 0.889 bits per heavy atom. The molecule has 1 aromatic heterocycles. The molecule has 3 aromatic carbocycles. The Morgan fingerprint density at radius 2 is 1.53 bits per heavy atom. The van der Waals surface area contributed by atoms with Crippen molar-refractivity contribution in [2.75, 3.05) is 0 Å². The number of hydrogen-bond donors (Lipinski definition) is 0. The summed E-state index contributed by atoms with van der Waals surface area (Å²) in [6, 6.07) is 21.7. The van der Waals surface area contributed by atoms with Crippen LogP contribution in [0.4, 0.5) is 0 Å². The van der Waals surface area contributed by atoms with Crippen molar-refractivity contribution in [2.45, 2.75) is 6.54 Å². The summed E-state index contributed by atoms with van der Waals surface area (Å²) in [5.74, 6) is -0.348. The van der Waals surface area contributed by atoms with Crippen molar-refractivity contribution in [3.8, 4) is 21.9 Å². The molecular formula is C26H17NO6S3. The summed E-state index contributed by atoms with van der Waals surface area (Å²) in [7, 11) is 3.15. The SMILES string of the molecule is O=C(/C=C/c1ccc(OC(=O)c2ccc(C[N+](=O)[O-])cc2)cc1)Oc1ccc(-c2cc(=S)ss2)cc1. The standard InChI is InChI=1S/C26H17NO6S3/c28-24(32-21-12-8-19(9-13-21)23-15-25(34)36-35-23)14-5-17-3-10-22(11-4-17)33-26(29)20-6-1-18(2-7-20)16-27(30)31/h1-15H,16H2/b14-5+. The molecule has 4 rings (SSSR count). The highest BCUT2D eigenvalue weighted by Crippen LogP contribution is 2.30. The molecule has 0 saturated carbocycles. The molecule has 0 radical (unpaired) electrons. The van der Waals surface area contributed by atoms with Crippen LogP contribution < -0.4 is 9.47 Å². The van der Waals surface area contributed by atoms with Gasteiger partial charge in [-0.3, -0.25) is 10.1 Å². The molecule has 0 fully saturated rings. The lowest BCUT2D eigenvalue weighted by Crippen LogP contribution is -2.08. The van der Waals surface area contributed by atoms with Crippen LogP contribution in [0, 0.1) is 13.9 Å². The van der Waals surface area contributed by atoms with Crippen LogP contribution in [-0.2, 0) is 11.3 Å². The lowest BCUT2D eigenvalue weighted by atomic mass is 10.1. The Morgan fingerprint density at radius 3 is 2.14 bits per heavy atom. The second kappa shape index (κ2) is 11.6. The van der Waals surface area contributed by atoms with Crippen molar-refractivity contribution < 1.29 is 24.0 Å². The van der Waals surface area contributed by atoms with Gasteiger partial charge in [0.15, 0.2) is 0 Å². The summed E-state index contributed by atoms with van der Waals surface area (Å²) in [6.45, 7) is -0.309. The molecule has 0 N–H and O–H groups in total. The van der Waals surface area contributed by atoms with E-state index in [0.717, 1.165) is 14.3 Å². The lowest BCUT2D eigenvalue weighted by Gasteiger charge is -2.05. The maximum absolute atomic E-state index is 12.3. The third kappa shape index (κ3) is 7.01. The van der Waals surface area contributed by atoms with E-state index in [0.29, 0.717) is 22.6 Å². The Hall–Kier alpha value is -3.99. The van der Waals surface area contributed by atoms with Crippen molar-refractivity contribution in [3.05, 3.63) is 116 Å². The molecule has 0 spiro atoms. The molecule has 0 aliphatic carbocycles. The van der Waals surface area contributed by atoms with Gasteiger partial charge in [-0.2, -0.15) is 0 Å². The van der Waals surface area contributed by atoms with E-state index in [1.807, 2.05) is 18.2 Å². The molecule has 4 aromatic rings. The van der Waals surface area contributed by atoms with Crippen molar-refractivity contribution >= 4 is 50.9 Å². The van der Waals surface area contributed by atoms with Crippen molar-refractivity contribution in [2.24, 2.45) is 0 Å². The van der Waals surface area contributed by atoms with E-state index < -0.39 is 16.9 Å². The fourth-order valence-electron chi connectivity index (χ4n) is 3.08. The smallest absolute Gasteiger partial charge is 0.343 e. The average molecular weight is 536 g/mol. The Balaban J connectivity index is 1.30. The highest BCUT2D eigenvalue weighted by Gasteiger charge is 2.10. The van der Waals surface area contributed by atoms with Crippen LogP contribution in [-0.4, -0.2) is 16.9 Å². The molecule has 10 heteroatoms. The van der Waals surface area contributed by atoms with Crippen molar-refractivity contribution in [1.82, 2.24) is 0 Å². The molecular weight excluding hydrogens is 518 g/mol. The third-order valence-corrected chi connectivity index (χ3v) is 7.73. The first-order valence-electron chi connectivity index (χ1n) is 10.5. The topological polar surface area (TPSA) is 95.7 Å². The minimum absolute atomic E-state index is 0.280. The monoisotopic (exact) mass is 535 g/mol. The number of esters is 2. The Kier molecular flexibility index (Phi) is 8.11. The minimum Gasteiger partial charge on any atom is -0.423 e. The first kappa shape index (κ1) is 25.1. The van der Waals surface area contributed by atoms with Gasteiger partial charge in [-0.15, -0.1) is 0 Å². The Bertz CT molecular complexity index is 1470. The molecule has 1 heterocycles. The van der Waals surface area contributed by atoms with E-state index in [1.165, 1.54) is 30.3 Å². The van der Waals surface area contributed by atoms with E-state index in [4.69, 9.17) is 21.7 Å². The predicted octanol–water partition coefficient (Wildman–Crippen LogP) is 6.82. The molecule has 0 amide bonds. The summed E-state index contributed by atoms with van der Waals surface area (Å²) in [5, 5.41) is 10.6. The van der Waals surface area contributed by atoms with Gasteiger partial charge in [0.25, 0.3) is 0 Å². The van der Waals surface area contributed by atoms with E-state index >= 15 is 0 Å². The number of carbonyl (C=O) groups is 2. The molecule has 0 saturated heterocycles. The third-order valence-electron chi connectivity index (χ3n) is 4.82. The van der Waals surface area contributed by atoms with Crippen molar-refractivity contribution in [3.63, 3.8) is 0 Å². The molecule has 0 atom stereocenters. The number of carbonyl (C=O) groups excluding carboxylic acids is 2. The van der Waals surface area contributed by atoms with Gasteiger partial charge in [0.1, 0.15) is 15.3 Å². The van der Waals surface area contributed by atoms with Crippen LogP contribution in [0.25, 0.3) is 16.5 Å². The summed E-state index contributed by atoms with van der Waals surface area (Å²) >= 11 is 5.16. The van der Waals surface area contributed by atoms with E-state index in [9.17, 15) is 19.7 Å². The van der Waals surface area contributed by atoms with Crippen LogP contribution >= 0.6 is 32.9 Å². The first-order valence-corrected chi connectivity index (χ1v) is 13.0. The summed E-state index contributed by atoms with van der Waals surface area (Å²) in [6.07, 6.45) is 2.90. The number of rotatable bonds is 8. The zero-order valence-corrected chi connectivity index (χ0v) is 20.9. The molecule has 0 bridgehead atoms. The first-order chi connectivity index (χ1) is 17.4. The number of ether oxygens (including phenoxy) is 2. The number of hydrogen-bond acceptors (Lipinski definition) is 9. The molecule has 0 unspecified atom stereocenters. The maximum atomic E-state index is 12.3. The van der Waals surface area contributed by atoms with Crippen LogP contribution in [0.2, 0.25) is 0 Å². The Labute approximate surface area is 218 Å².